The highest BCUT2D eigenvalue weighted by atomic mass is 16.8. The zero-order chi connectivity index (χ0) is 43.7. The molecule has 1 unspecified atom stereocenters. The number of rotatable bonds is 13. The van der Waals surface area contributed by atoms with E-state index < -0.39 is 98.2 Å². The molecule has 63 heavy (non-hydrogen) atoms. The first-order valence-electron chi connectivity index (χ1n) is 20.3. The van der Waals surface area contributed by atoms with Gasteiger partial charge >= 0.3 is 23.9 Å². The van der Waals surface area contributed by atoms with E-state index in [1.165, 1.54) is 43.5 Å². The molecule has 0 aromatic heterocycles. The van der Waals surface area contributed by atoms with E-state index in [2.05, 4.69) is 0 Å². The van der Waals surface area contributed by atoms with Crippen LogP contribution in [0, 0.1) is 0 Å². The lowest BCUT2D eigenvalue weighted by atomic mass is 9.95. The molecule has 8 rings (SSSR count). The highest BCUT2D eigenvalue weighted by molar-refractivity contribution is 5.91. The van der Waals surface area contributed by atoms with Gasteiger partial charge < -0.3 is 52.5 Å². The van der Waals surface area contributed by atoms with Gasteiger partial charge in [-0.05, 0) is 48.5 Å². The monoisotopic (exact) mass is 860 g/mol. The van der Waals surface area contributed by atoms with Crippen molar-refractivity contribution in [2.45, 2.75) is 67.7 Å². The Bertz CT molecular complexity index is 2280. The van der Waals surface area contributed by atoms with Crippen LogP contribution in [0.4, 0.5) is 0 Å². The van der Waals surface area contributed by atoms with Gasteiger partial charge in [-0.1, -0.05) is 103 Å². The normalized spacial score (nSPS) is 27.8. The molecule has 0 spiro atoms. The van der Waals surface area contributed by atoms with Crippen LogP contribution >= 0.6 is 0 Å². The third-order valence-electron chi connectivity index (χ3n) is 10.6. The van der Waals surface area contributed by atoms with Gasteiger partial charge in [-0.3, -0.25) is 0 Å². The zero-order valence-electron chi connectivity index (χ0n) is 33.9. The number of aliphatic hydroxyl groups excluding tert-OH is 1. The number of hydrogen-bond acceptors (Lipinski definition) is 15. The van der Waals surface area contributed by atoms with Crippen molar-refractivity contribution in [1.29, 1.82) is 0 Å². The lowest BCUT2D eigenvalue weighted by molar-refractivity contribution is -0.389. The highest BCUT2D eigenvalue weighted by Gasteiger charge is 2.57. The standard InChI is InChI=1S/C48H44O15/c1-54-47-36(49)39(37-35(57-47)28-56-46(62-37)33-25-15-6-16-26-33)63-48-41(61-45(53)32-23-13-5-14-24-32)40(60-44(52)31-21-11-4-12-22-31)38(59-43(51)30-19-9-3-10-20-30)34(58-48)27-55-42(50)29-17-7-2-8-18-29/h2-26,34-41,46-49H,27-28H2,1H3/t34-,35-,36+,37-,38-,39+,40+,41+,46?,47+,48-/m1/s1. The SMILES string of the molecule is CO[C@H]1O[C@@H]2COC(c3ccccc3)O[C@H]2[C@@H](O[C@H]2O[C@H](COC(=O)c3ccccc3)[C@@H](OC(=O)c3ccccc3)[C@H](OC(=O)c3ccccc3)[C@@H]2OC(=O)c2ccccc2)[C@@H]1O. The van der Waals surface area contributed by atoms with E-state index in [9.17, 15) is 24.3 Å². The van der Waals surface area contributed by atoms with Gasteiger partial charge in [0, 0.05) is 12.7 Å². The molecule has 15 nitrogen and oxygen atoms in total. The van der Waals surface area contributed by atoms with E-state index in [-0.39, 0.29) is 28.9 Å². The summed E-state index contributed by atoms with van der Waals surface area (Å²) < 4.78 is 61.6. The molecule has 3 saturated heterocycles. The fraction of sp³-hybridized carbons (Fsp3) is 0.292. The molecular formula is C48H44O15. The second-order valence-electron chi connectivity index (χ2n) is 14.8. The molecule has 1 N–H and O–H groups in total. The molecule has 11 atom stereocenters. The number of carbonyl (C=O) groups excluding carboxylic acids is 4. The first kappa shape index (κ1) is 43.4. The van der Waals surface area contributed by atoms with Crippen molar-refractivity contribution >= 4 is 23.9 Å². The van der Waals surface area contributed by atoms with E-state index in [4.69, 9.17) is 47.4 Å². The fourth-order valence-corrected chi connectivity index (χ4v) is 7.48. The van der Waals surface area contributed by atoms with Crippen LogP contribution in [0.5, 0.6) is 0 Å². The third kappa shape index (κ3) is 10.2. The van der Waals surface area contributed by atoms with Crippen molar-refractivity contribution in [3.05, 3.63) is 179 Å². The van der Waals surface area contributed by atoms with Crippen LogP contribution in [-0.4, -0.2) is 111 Å². The van der Waals surface area contributed by atoms with Gasteiger partial charge in [0.15, 0.2) is 37.2 Å². The number of fused-ring (bicyclic) bond motifs is 1. The Morgan fingerprint density at radius 1 is 0.540 bits per heavy atom. The van der Waals surface area contributed by atoms with E-state index >= 15 is 0 Å². The molecule has 0 amide bonds. The Hall–Kier alpha value is -6.30. The van der Waals surface area contributed by atoms with Crippen LogP contribution in [0.3, 0.4) is 0 Å². The maximum Gasteiger partial charge on any atom is 0.338 e. The van der Waals surface area contributed by atoms with Crippen molar-refractivity contribution in [2.24, 2.45) is 0 Å². The van der Waals surface area contributed by atoms with E-state index in [1.54, 1.807) is 84.9 Å². The smallest absolute Gasteiger partial charge is 0.338 e. The maximum absolute atomic E-state index is 14.1. The maximum atomic E-state index is 14.1. The molecule has 15 heteroatoms. The van der Waals surface area contributed by atoms with Crippen molar-refractivity contribution in [3.63, 3.8) is 0 Å². The summed E-state index contributed by atoms with van der Waals surface area (Å²) in [7, 11) is 1.34. The molecule has 3 aliphatic rings. The number of esters is 4. The number of hydrogen-bond donors (Lipinski definition) is 1. The van der Waals surface area contributed by atoms with Crippen LogP contribution in [0.2, 0.25) is 0 Å². The Morgan fingerprint density at radius 2 is 1.00 bits per heavy atom. The lowest BCUT2D eigenvalue weighted by Crippen LogP contribution is -2.67. The molecule has 3 aliphatic heterocycles. The van der Waals surface area contributed by atoms with Crippen LogP contribution < -0.4 is 0 Å². The first-order valence-corrected chi connectivity index (χ1v) is 20.3. The molecule has 3 fully saturated rings. The second-order valence-corrected chi connectivity index (χ2v) is 14.8. The molecular weight excluding hydrogens is 817 g/mol. The molecule has 0 radical (unpaired) electrons. The molecule has 0 saturated carbocycles. The first-order chi connectivity index (χ1) is 30.8. The molecule has 0 bridgehead atoms. The summed E-state index contributed by atoms with van der Waals surface area (Å²) >= 11 is 0. The lowest BCUT2D eigenvalue weighted by Gasteiger charge is -2.50. The summed E-state index contributed by atoms with van der Waals surface area (Å²) in [6, 6.07) is 41.3. The molecule has 326 valence electrons. The average Bonchev–Trinajstić information content (AvgIpc) is 3.34. The van der Waals surface area contributed by atoms with Gasteiger partial charge in [0.25, 0.3) is 0 Å². The van der Waals surface area contributed by atoms with Crippen molar-refractivity contribution in [2.75, 3.05) is 20.3 Å². The number of methoxy groups -OCH3 is 1. The Balaban J connectivity index is 1.21. The van der Waals surface area contributed by atoms with E-state index in [0.717, 1.165) is 0 Å². The summed E-state index contributed by atoms with van der Waals surface area (Å²) in [5.74, 6) is -3.36. The summed E-state index contributed by atoms with van der Waals surface area (Å²) in [6.45, 7) is -0.579. The van der Waals surface area contributed by atoms with Crippen LogP contribution in [0.25, 0.3) is 0 Å². The zero-order valence-corrected chi connectivity index (χ0v) is 33.9. The van der Waals surface area contributed by atoms with Crippen molar-refractivity contribution < 1.29 is 71.7 Å². The van der Waals surface area contributed by atoms with Gasteiger partial charge in [-0.2, -0.15) is 0 Å². The Kier molecular flexibility index (Phi) is 13.9. The van der Waals surface area contributed by atoms with Crippen LogP contribution in [0.1, 0.15) is 53.3 Å². The Morgan fingerprint density at radius 3 is 1.51 bits per heavy atom. The average molecular weight is 861 g/mol. The number of ether oxygens (including phenoxy) is 10. The van der Waals surface area contributed by atoms with Crippen molar-refractivity contribution in [1.82, 2.24) is 0 Å². The van der Waals surface area contributed by atoms with Gasteiger partial charge in [-0.25, -0.2) is 19.2 Å². The quantitative estimate of drug-likeness (QED) is 0.116. The molecule has 0 aliphatic carbocycles. The van der Waals surface area contributed by atoms with Gasteiger partial charge in [0.1, 0.15) is 37.1 Å². The van der Waals surface area contributed by atoms with Crippen LogP contribution in [-0.2, 0) is 47.4 Å². The Labute approximate surface area is 362 Å². The molecule has 5 aromatic carbocycles. The van der Waals surface area contributed by atoms with Gasteiger partial charge in [0.2, 0.25) is 0 Å². The number of aliphatic hydroxyl groups is 1. The summed E-state index contributed by atoms with van der Waals surface area (Å²) in [5.41, 5.74) is 1.26. The minimum atomic E-state index is -1.74. The minimum absolute atomic E-state index is 0.00149. The highest BCUT2D eigenvalue weighted by Crippen LogP contribution is 2.39. The summed E-state index contributed by atoms with van der Waals surface area (Å²) in [5, 5.41) is 11.8. The topological polar surface area (TPSA) is 181 Å². The molecule has 5 aromatic rings. The van der Waals surface area contributed by atoms with Crippen LogP contribution in [0.15, 0.2) is 152 Å². The summed E-state index contributed by atoms with van der Waals surface area (Å²) in [6.07, 6.45) is -15.2. The predicted molar refractivity (Wildman–Crippen MR) is 219 cm³/mol. The summed E-state index contributed by atoms with van der Waals surface area (Å²) in [4.78, 5) is 55.5. The van der Waals surface area contributed by atoms with E-state index in [0.29, 0.717) is 5.56 Å². The van der Waals surface area contributed by atoms with E-state index in [1.807, 2.05) is 30.3 Å². The number of carbonyl (C=O) groups is 4. The predicted octanol–water partition coefficient (Wildman–Crippen LogP) is 5.48. The fourth-order valence-electron chi connectivity index (χ4n) is 7.48. The van der Waals surface area contributed by atoms with Gasteiger partial charge in [0.05, 0.1) is 28.9 Å². The molecule has 3 heterocycles. The largest absolute Gasteiger partial charge is 0.459 e. The van der Waals surface area contributed by atoms with Crippen molar-refractivity contribution in [3.8, 4) is 0 Å². The number of benzene rings is 5. The van der Waals surface area contributed by atoms with Gasteiger partial charge in [-0.15, -0.1) is 0 Å². The second kappa shape index (κ2) is 20.3. The minimum Gasteiger partial charge on any atom is -0.459 e. The third-order valence-corrected chi connectivity index (χ3v) is 10.6.